The fraction of sp³-hybridized carbons (Fsp3) is 0.750. The molecule has 4 heteroatoms. The summed E-state index contributed by atoms with van der Waals surface area (Å²) in [4.78, 5) is 8.94. The van der Waals surface area contributed by atoms with Crippen LogP contribution < -0.4 is 11.1 Å². The van der Waals surface area contributed by atoms with Gasteiger partial charge in [-0.1, -0.05) is 19.3 Å². The number of aryl methyl sites for hydroxylation is 1. The third-order valence-electron chi connectivity index (χ3n) is 4.92. The molecule has 0 saturated heterocycles. The molecule has 2 aliphatic carbocycles. The smallest absolute Gasteiger partial charge is 0.133 e. The molecular weight excluding hydrogens is 248 g/mol. The monoisotopic (exact) mass is 274 g/mol. The standard InChI is InChI=1S/C16H26N4/c17-10-15(12-6-2-1-3-7-12)20-16-13-8-4-5-9-14(13)18-11-19-16/h11-12,15H,1-10,17H2,(H,18,19,20). The Morgan fingerprint density at radius 2 is 1.90 bits per heavy atom. The van der Waals surface area contributed by atoms with Crippen LogP contribution in [0.4, 0.5) is 5.82 Å². The highest BCUT2D eigenvalue weighted by molar-refractivity contribution is 5.47. The van der Waals surface area contributed by atoms with Gasteiger partial charge in [0.15, 0.2) is 0 Å². The van der Waals surface area contributed by atoms with Crippen molar-refractivity contribution < 1.29 is 0 Å². The minimum absolute atomic E-state index is 0.372. The highest BCUT2D eigenvalue weighted by Crippen LogP contribution is 2.30. The van der Waals surface area contributed by atoms with Crippen molar-refractivity contribution in [1.29, 1.82) is 0 Å². The second-order valence-electron chi connectivity index (χ2n) is 6.24. The molecule has 1 unspecified atom stereocenters. The van der Waals surface area contributed by atoms with Gasteiger partial charge in [-0.2, -0.15) is 0 Å². The van der Waals surface area contributed by atoms with Gasteiger partial charge in [0, 0.05) is 23.8 Å². The molecule has 0 radical (unpaired) electrons. The first-order valence-electron chi connectivity index (χ1n) is 8.18. The van der Waals surface area contributed by atoms with E-state index in [1.165, 1.54) is 56.2 Å². The Bertz CT molecular complexity index is 440. The molecule has 20 heavy (non-hydrogen) atoms. The van der Waals surface area contributed by atoms with Crippen LogP contribution in [0.1, 0.15) is 56.2 Å². The molecule has 0 aliphatic heterocycles. The van der Waals surface area contributed by atoms with E-state index < -0.39 is 0 Å². The zero-order valence-corrected chi connectivity index (χ0v) is 12.3. The van der Waals surface area contributed by atoms with Crippen LogP contribution in [0.3, 0.4) is 0 Å². The molecule has 2 aliphatic rings. The van der Waals surface area contributed by atoms with Gasteiger partial charge < -0.3 is 11.1 Å². The van der Waals surface area contributed by atoms with Gasteiger partial charge in [-0.05, 0) is 44.4 Å². The van der Waals surface area contributed by atoms with Gasteiger partial charge in [0.25, 0.3) is 0 Å². The van der Waals surface area contributed by atoms with Gasteiger partial charge in [-0.25, -0.2) is 9.97 Å². The fourth-order valence-electron chi connectivity index (χ4n) is 3.73. The molecule has 0 spiro atoms. The number of nitrogens with two attached hydrogens (primary N) is 1. The minimum atomic E-state index is 0.372. The van der Waals surface area contributed by atoms with Gasteiger partial charge in [-0.15, -0.1) is 0 Å². The highest BCUT2D eigenvalue weighted by atomic mass is 15.1. The molecule has 0 bridgehead atoms. The van der Waals surface area contributed by atoms with Crippen LogP contribution in [0.5, 0.6) is 0 Å². The van der Waals surface area contributed by atoms with E-state index in [9.17, 15) is 0 Å². The van der Waals surface area contributed by atoms with Crippen molar-refractivity contribution in [2.75, 3.05) is 11.9 Å². The van der Waals surface area contributed by atoms with Crippen LogP contribution in [-0.4, -0.2) is 22.6 Å². The summed E-state index contributed by atoms with van der Waals surface area (Å²) in [6, 6.07) is 0.372. The predicted molar refractivity (Wildman–Crippen MR) is 81.7 cm³/mol. The van der Waals surface area contributed by atoms with E-state index in [1.807, 2.05) is 0 Å². The number of nitrogens with zero attached hydrogens (tertiary/aromatic N) is 2. The van der Waals surface area contributed by atoms with Gasteiger partial charge in [0.05, 0.1) is 0 Å². The van der Waals surface area contributed by atoms with Crippen LogP contribution in [0.15, 0.2) is 6.33 Å². The van der Waals surface area contributed by atoms with Crippen LogP contribution >= 0.6 is 0 Å². The Balaban J connectivity index is 1.75. The summed E-state index contributed by atoms with van der Waals surface area (Å²) in [6.45, 7) is 0.698. The minimum Gasteiger partial charge on any atom is -0.365 e. The van der Waals surface area contributed by atoms with E-state index in [2.05, 4.69) is 15.3 Å². The second-order valence-corrected chi connectivity index (χ2v) is 6.24. The first-order valence-corrected chi connectivity index (χ1v) is 8.18. The molecule has 3 N–H and O–H groups in total. The lowest BCUT2D eigenvalue weighted by atomic mass is 9.83. The van der Waals surface area contributed by atoms with Crippen LogP contribution in [0, 0.1) is 5.92 Å². The SMILES string of the molecule is NCC(Nc1ncnc2c1CCCC2)C1CCCCC1. The number of hydrogen-bond acceptors (Lipinski definition) is 4. The van der Waals surface area contributed by atoms with Gasteiger partial charge in [-0.3, -0.25) is 0 Å². The molecule has 1 aromatic heterocycles. The molecule has 1 fully saturated rings. The molecule has 3 rings (SSSR count). The average molecular weight is 274 g/mol. The van der Waals surface area contributed by atoms with E-state index in [4.69, 9.17) is 5.73 Å². The van der Waals surface area contributed by atoms with Crippen molar-refractivity contribution in [1.82, 2.24) is 9.97 Å². The zero-order valence-electron chi connectivity index (χ0n) is 12.3. The van der Waals surface area contributed by atoms with Crippen molar-refractivity contribution >= 4 is 5.82 Å². The lowest BCUT2D eigenvalue weighted by molar-refractivity contribution is 0.320. The molecule has 110 valence electrons. The normalized spacial score (nSPS) is 21.2. The van der Waals surface area contributed by atoms with E-state index >= 15 is 0 Å². The molecular formula is C16H26N4. The average Bonchev–Trinajstić information content (AvgIpc) is 2.53. The Hall–Kier alpha value is -1.16. The number of nitrogens with one attached hydrogen (secondary N) is 1. The van der Waals surface area contributed by atoms with E-state index in [0.717, 1.165) is 18.7 Å². The maximum atomic E-state index is 6.02. The van der Waals surface area contributed by atoms with Crippen LogP contribution in [-0.2, 0) is 12.8 Å². The fourth-order valence-corrected chi connectivity index (χ4v) is 3.73. The van der Waals surface area contributed by atoms with Crippen molar-refractivity contribution in [3.8, 4) is 0 Å². The third kappa shape index (κ3) is 2.95. The maximum Gasteiger partial charge on any atom is 0.133 e. The second kappa shape index (κ2) is 6.53. The first kappa shape index (κ1) is 13.8. The van der Waals surface area contributed by atoms with Gasteiger partial charge >= 0.3 is 0 Å². The van der Waals surface area contributed by atoms with Crippen molar-refractivity contribution in [3.05, 3.63) is 17.6 Å². The van der Waals surface area contributed by atoms with E-state index in [0.29, 0.717) is 18.5 Å². The van der Waals surface area contributed by atoms with Crippen LogP contribution in [0.25, 0.3) is 0 Å². The molecule has 1 saturated carbocycles. The van der Waals surface area contributed by atoms with E-state index in [-0.39, 0.29) is 0 Å². The van der Waals surface area contributed by atoms with Crippen molar-refractivity contribution in [3.63, 3.8) is 0 Å². The molecule has 1 heterocycles. The quantitative estimate of drug-likeness (QED) is 0.886. The number of anilines is 1. The van der Waals surface area contributed by atoms with Crippen LogP contribution in [0.2, 0.25) is 0 Å². The number of hydrogen-bond donors (Lipinski definition) is 2. The Kier molecular flexibility index (Phi) is 4.51. The van der Waals surface area contributed by atoms with Gasteiger partial charge in [0.2, 0.25) is 0 Å². The Morgan fingerprint density at radius 1 is 1.10 bits per heavy atom. The topological polar surface area (TPSA) is 63.8 Å². The molecule has 0 aromatic carbocycles. The molecule has 0 amide bonds. The summed E-state index contributed by atoms with van der Waals surface area (Å²) < 4.78 is 0. The van der Waals surface area contributed by atoms with Crippen molar-refractivity contribution in [2.45, 2.75) is 63.8 Å². The molecule has 1 atom stereocenters. The summed E-state index contributed by atoms with van der Waals surface area (Å²) in [7, 11) is 0. The summed E-state index contributed by atoms with van der Waals surface area (Å²) >= 11 is 0. The maximum absolute atomic E-state index is 6.02. The zero-order chi connectivity index (χ0) is 13.8. The largest absolute Gasteiger partial charge is 0.365 e. The number of fused-ring (bicyclic) bond motifs is 1. The summed E-state index contributed by atoms with van der Waals surface area (Å²) in [5.74, 6) is 1.76. The Labute approximate surface area is 121 Å². The first-order chi connectivity index (χ1) is 9.88. The summed E-state index contributed by atoms with van der Waals surface area (Å²) in [5, 5.41) is 3.65. The van der Waals surface area contributed by atoms with Gasteiger partial charge in [0.1, 0.15) is 12.1 Å². The third-order valence-corrected chi connectivity index (χ3v) is 4.92. The summed E-state index contributed by atoms with van der Waals surface area (Å²) in [5.41, 5.74) is 8.61. The number of rotatable bonds is 4. The highest BCUT2D eigenvalue weighted by Gasteiger charge is 2.24. The predicted octanol–water partition coefficient (Wildman–Crippen LogP) is 2.67. The lowest BCUT2D eigenvalue weighted by Crippen LogP contribution is -2.38. The summed E-state index contributed by atoms with van der Waals surface area (Å²) in [6.07, 6.45) is 13.1. The Morgan fingerprint density at radius 3 is 2.70 bits per heavy atom. The van der Waals surface area contributed by atoms with Crippen molar-refractivity contribution in [2.24, 2.45) is 11.7 Å². The molecule has 4 nitrogen and oxygen atoms in total. The lowest BCUT2D eigenvalue weighted by Gasteiger charge is -2.31. The number of aromatic nitrogens is 2. The molecule has 1 aromatic rings. The van der Waals surface area contributed by atoms with E-state index in [1.54, 1.807) is 6.33 Å².